The van der Waals surface area contributed by atoms with Crippen LogP contribution in [0.15, 0.2) is 36.5 Å². The lowest BCUT2D eigenvalue weighted by Gasteiger charge is -2.24. The maximum Gasteiger partial charge on any atom is 0.472 e. The first kappa shape index (κ1) is 75.2. The molecule has 0 radical (unpaired) electrons. The second kappa shape index (κ2) is 58.9. The molecule has 0 heterocycles. The summed E-state index contributed by atoms with van der Waals surface area (Å²) in [6.07, 6.45) is 74.2. The number of carbonyl (C=O) groups excluding carboxylic acids is 2. The SMILES string of the molecule is CCCC/C=C\C/C=C\CCCCCCCC(=O)OC(COC(=O)CCCCCCCCCCCCCCCCCCCCCCCCCCCCC/C=C\CCCCCCCCCC)COP(=O)(O)OCC[N+](C)(C)C. The van der Waals surface area contributed by atoms with Crippen molar-refractivity contribution in [2.24, 2.45) is 0 Å². The van der Waals surface area contributed by atoms with Crippen LogP contribution >= 0.6 is 7.82 Å². The van der Waals surface area contributed by atoms with E-state index < -0.39 is 26.5 Å². The molecule has 77 heavy (non-hydrogen) atoms. The molecule has 0 aromatic carbocycles. The Morgan fingerprint density at radius 3 is 1.08 bits per heavy atom. The van der Waals surface area contributed by atoms with Crippen LogP contribution in [0.1, 0.15) is 328 Å². The number of rotatable bonds is 62. The largest absolute Gasteiger partial charge is 0.472 e. The van der Waals surface area contributed by atoms with Gasteiger partial charge >= 0.3 is 19.8 Å². The van der Waals surface area contributed by atoms with Crippen LogP contribution in [0.3, 0.4) is 0 Å². The molecule has 0 saturated heterocycles. The van der Waals surface area contributed by atoms with Crippen LogP contribution in [0.25, 0.3) is 0 Å². The van der Waals surface area contributed by atoms with Gasteiger partial charge < -0.3 is 18.9 Å². The first-order valence-electron chi connectivity index (χ1n) is 33.2. The van der Waals surface area contributed by atoms with Crippen LogP contribution in [0, 0.1) is 0 Å². The molecule has 0 aliphatic rings. The highest BCUT2D eigenvalue weighted by molar-refractivity contribution is 7.47. The molecule has 2 unspecified atom stereocenters. The van der Waals surface area contributed by atoms with E-state index in [2.05, 4.69) is 50.3 Å². The summed E-state index contributed by atoms with van der Waals surface area (Å²) in [5.41, 5.74) is 0. The van der Waals surface area contributed by atoms with Crippen LogP contribution in [-0.4, -0.2) is 74.9 Å². The highest BCUT2D eigenvalue weighted by Gasteiger charge is 2.27. The van der Waals surface area contributed by atoms with Gasteiger partial charge in [0.15, 0.2) is 6.10 Å². The summed E-state index contributed by atoms with van der Waals surface area (Å²) in [4.78, 5) is 35.7. The lowest BCUT2D eigenvalue weighted by molar-refractivity contribution is -0.870. The molecule has 0 rings (SSSR count). The van der Waals surface area contributed by atoms with E-state index in [9.17, 15) is 19.0 Å². The number of esters is 2. The van der Waals surface area contributed by atoms with Gasteiger partial charge in [-0.2, -0.15) is 0 Å². The molecule has 0 aliphatic heterocycles. The summed E-state index contributed by atoms with van der Waals surface area (Å²) in [5, 5.41) is 0. The van der Waals surface area contributed by atoms with Crippen molar-refractivity contribution in [2.75, 3.05) is 47.5 Å². The molecule has 0 aromatic heterocycles. The lowest BCUT2D eigenvalue weighted by Crippen LogP contribution is -2.37. The highest BCUT2D eigenvalue weighted by Crippen LogP contribution is 2.43. The predicted octanol–water partition coefficient (Wildman–Crippen LogP) is 21.1. The van der Waals surface area contributed by atoms with Crippen molar-refractivity contribution in [2.45, 2.75) is 335 Å². The van der Waals surface area contributed by atoms with Crippen molar-refractivity contribution in [3.05, 3.63) is 36.5 Å². The molecule has 0 amide bonds. The second-order valence-electron chi connectivity index (χ2n) is 23.9. The molecule has 454 valence electrons. The topological polar surface area (TPSA) is 108 Å². The Labute approximate surface area is 478 Å². The molecule has 0 saturated carbocycles. The average Bonchev–Trinajstić information content (AvgIpc) is 3.39. The van der Waals surface area contributed by atoms with Gasteiger partial charge in [0, 0.05) is 12.8 Å². The number of phosphoric ester groups is 1. The normalized spacial score (nSPS) is 13.4. The Bertz CT molecular complexity index is 1390. The monoisotopic (exact) mass is 1110 g/mol. The van der Waals surface area contributed by atoms with Crippen molar-refractivity contribution in [3.63, 3.8) is 0 Å². The molecule has 0 spiro atoms. The first-order chi connectivity index (χ1) is 37.5. The van der Waals surface area contributed by atoms with Gasteiger partial charge in [-0.1, -0.05) is 288 Å². The van der Waals surface area contributed by atoms with Gasteiger partial charge in [0.1, 0.15) is 19.8 Å². The van der Waals surface area contributed by atoms with E-state index in [0.29, 0.717) is 23.9 Å². The lowest BCUT2D eigenvalue weighted by atomic mass is 10.0. The smallest absolute Gasteiger partial charge is 0.462 e. The summed E-state index contributed by atoms with van der Waals surface area (Å²) in [6.45, 7) is 4.41. The predicted molar refractivity (Wildman–Crippen MR) is 330 cm³/mol. The van der Waals surface area contributed by atoms with Crippen LogP contribution in [0.5, 0.6) is 0 Å². The summed E-state index contributed by atoms with van der Waals surface area (Å²) in [7, 11) is 1.48. The van der Waals surface area contributed by atoms with E-state index >= 15 is 0 Å². The first-order valence-corrected chi connectivity index (χ1v) is 34.7. The fourth-order valence-electron chi connectivity index (χ4n) is 9.74. The third kappa shape index (κ3) is 63.3. The van der Waals surface area contributed by atoms with E-state index in [0.717, 1.165) is 64.2 Å². The molecule has 1 N–H and O–H groups in total. The Balaban J connectivity index is 3.84. The number of unbranched alkanes of at least 4 members (excludes halogenated alkanes) is 42. The average molecular weight is 1110 g/mol. The van der Waals surface area contributed by atoms with Gasteiger partial charge in [-0.15, -0.1) is 0 Å². The van der Waals surface area contributed by atoms with E-state index in [1.807, 2.05) is 21.1 Å². The van der Waals surface area contributed by atoms with Gasteiger partial charge in [0.2, 0.25) is 0 Å². The van der Waals surface area contributed by atoms with Gasteiger partial charge in [-0.05, 0) is 64.2 Å². The number of likely N-dealkylation sites (N-methyl/N-ethyl adjacent to an activating group) is 1. The van der Waals surface area contributed by atoms with Gasteiger partial charge in [-0.25, -0.2) is 4.57 Å². The number of ether oxygens (including phenoxy) is 2. The zero-order valence-corrected chi connectivity index (χ0v) is 52.6. The van der Waals surface area contributed by atoms with E-state index in [-0.39, 0.29) is 25.6 Å². The number of phosphoric acid groups is 1. The van der Waals surface area contributed by atoms with Crippen molar-refractivity contribution >= 4 is 19.8 Å². The Morgan fingerprint density at radius 2 is 0.714 bits per heavy atom. The highest BCUT2D eigenvalue weighted by atomic mass is 31.2. The van der Waals surface area contributed by atoms with Crippen molar-refractivity contribution in [1.82, 2.24) is 0 Å². The summed E-state index contributed by atoms with van der Waals surface area (Å²) >= 11 is 0. The Hall–Kier alpha value is -1.77. The molecular formula is C67H129NO8P+. The van der Waals surface area contributed by atoms with Crippen molar-refractivity contribution in [1.29, 1.82) is 0 Å². The molecule has 9 nitrogen and oxygen atoms in total. The molecule has 2 atom stereocenters. The van der Waals surface area contributed by atoms with Crippen molar-refractivity contribution < 1.29 is 42.1 Å². The zero-order chi connectivity index (χ0) is 56.3. The van der Waals surface area contributed by atoms with Gasteiger partial charge in [0.25, 0.3) is 0 Å². The molecule has 0 aromatic rings. The zero-order valence-electron chi connectivity index (χ0n) is 51.7. The molecule has 10 heteroatoms. The summed E-state index contributed by atoms with van der Waals surface area (Å²) < 4.78 is 34.5. The standard InChI is InChI=1S/C67H128NO8P/c1-6-8-10-12-14-16-18-20-22-23-24-25-26-27-28-29-30-31-32-33-34-35-36-37-38-39-40-41-42-43-44-45-46-48-49-51-53-55-57-59-66(69)73-63-65(64-75-77(71,72)74-62-61-68(3,4)5)76-67(70)60-58-56-54-52-50-47-21-19-17-15-13-11-9-7-2/h13,15,19,21,23-24,65H,6-12,14,16-18,20,22,25-64H2,1-5H3/p+1/b15-13-,21-19-,24-23-. The number of nitrogens with zero attached hydrogens (tertiary/aromatic N) is 1. The van der Waals surface area contributed by atoms with E-state index in [4.69, 9.17) is 18.5 Å². The van der Waals surface area contributed by atoms with E-state index in [1.54, 1.807) is 0 Å². The van der Waals surface area contributed by atoms with Crippen LogP contribution in [0.4, 0.5) is 0 Å². The number of allylic oxidation sites excluding steroid dienone is 6. The van der Waals surface area contributed by atoms with Gasteiger partial charge in [-0.3, -0.25) is 18.6 Å². The number of carbonyl (C=O) groups is 2. The van der Waals surface area contributed by atoms with Gasteiger partial charge in [0.05, 0.1) is 27.7 Å². The fraction of sp³-hybridized carbons (Fsp3) is 0.881. The summed E-state index contributed by atoms with van der Waals surface area (Å²) in [5.74, 6) is -0.800. The molecule has 0 bridgehead atoms. The number of hydrogen-bond acceptors (Lipinski definition) is 7. The molecule has 0 aliphatic carbocycles. The minimum Gasteiger partial charge on any atom is -0.462 e. The number of hydrogen-bond donors (Lipinski definition) is 1. The minimum absolute atomic E-state index is 0.0304. The Morgan fingerprint density at radius 1 is 0.403 bits per heavy atom. The van der Waals surface area contributed by atoms with E-state index in [1.165, 1.54) is 231 Å². The van der Waals surface area contributed by atoms with Crippen LogP contribution in [0.2, 0.25) is 0 Å². The second-order valence-corrected chi connectivity index (χ2v) is 25.3. The quantitative estimate of drug-likeness (QED) is 0.0211. The van der Waals surface area contributed by atoms with Crippen LogP contribution < -0.4 is 0 Å². The third-order valence-corrected chi connectivity index (χ3v) is 15.9. The van der Waals surface area contributed by atoms with Crippen LogP contribution in [-0.2, 0) is 32.7 Å². The third-order valence-electron chi connectivity index (χ3n) is 14.9. The van der Waals surface area contributed by atoms with Crippen molar-refractivity contribution in [3.8, 4) is 0 Å². The molecular weight excluding hydrogens is 978 g/mol. The number of quaternary nitrogens is 1. The molecule has 0 fully saturated rings. The maximum atomic E-state index is 12.8. The fourth-order valence-corrected chi connectivity index (χ4v) is 10.5. The Kier molecular flexibility index (Phi) is 57.5. The maximum absolute atomic E-state index is 12.8. The minimum atomic E-state index is -4.39. The summed E-state index contributed by atoms with van der Waals surface area (Å²) in [6, 6.07) is 0.